The molecule has 0 unspecified atom stereocenters. The molecule has 0 amide bonds. The molecule has 202 valence electrons. The zero-order valence-corrected chi connectivity index (χ0v) is 23.3. The van der Waals surface area contributed by atoms with E-state index in [9.17, 15) is 4.39 Å². The topological polar surface area (TPSA) is 98.4 Å². The molecule has 6 rings (SSSR count). The van der Waals surface area contributed by atoms with Crippen LogP contribution in [0.5, 0.6) is 0 Å². The predicted octanol–water partition coefficient (Wildman–Crippen LogP) is 5.74. The van der Waals surface area contributed by atoms with E-state index in [1.54, 1.807) is 12.4 Å². The smallest absolute Gasteiger partial charge is 0.181 e. The van der Waals surface area contributed by atoms with Crippen molar-refractivity contribution in [1.82, 2.24) is 34.9 Å². The Labute approximate surface area is 231 Å². The molecule has 0 spiro atoms. The van der Waals surface area contributed by atoms with Gasteiger partial charge >= 0.3 is 0 Å². The van der Waals surface area contributed by atoms with E-state index in [0.717, 1.165) is 50.1 Å². The van der Waals surface area contributed by atoms with E-state index < -0.39 is 9.39 Å². The Bertz CT molecular complexity index is 1990. The van der Waals surface area contributed by atoms with Crippen molar-refractivity contribution in [3.05, 3.63) is 78.6 Å². The fourth-order valence-electron chi connectivity index (χ4n) is 4.66. The summed E-state index contributed by atoms with van der Waals surface area (Å²) in [6.07, 6.45) is 9.14. The molecule has 8 nitrogen and oxygen atoms in total. The number of benzene rings is 1. The third-order valence-corrected chi connectivity index (χ3v) is 7.50. The van der Waals surface area contributed by atoms with Gasteiger partial charge in [0, 0.05) is 72.2 Å². The van der Waals surface area contributed by atoms with Crippen molar-refractivity contribution in [3.63, 3.8) is 0 Å². The number of aromatic nitrogens is 6. The number of pyridine rings is 3. The number of anilines is 1. The summed E-state index contributed by atoms with van der Waals surface area (Å²) in [5.74, 6) is 7.77. The summed E-state index contributed by atoms with van der Waals surface area (Å²) in [6, 6.07) is 13.1. The molecule has 40 heavy (non-hydrogen) atoms. The molecule has 0 saturated carbocycles. The number of hydrogen-bond acceptors (Lipinski definition) is 6. The zero-order valence-electron chi connectivity index (χ0n) is 22.5. The van der Waals surface area contributed by atoms with Crippen molar-refractivity contribution in [2.45, 2.75) is 6.54 Å². The molecule has 1 aromatic carbocycles. The first-order valence-corrected chi connectivity index (χ1v) is 15.0. The highest BCUT2D eigenvalue weighted by Gasteiger charge is 2.16. The lowest BCUT2D eigenvalue weighted by Crippen LogP contribution is -2.08. The largest absolute Gasteiger partial charge is 0.376 e. The van der Waals surface area contributed by atoms with E-state index in [1.165, 1.54) is 12.1 Å². The van der Waals surface area contributed by atoms with Gasteiger partial charge in [0.05, 0.1) is 29.0 Å². The second-order valence-corrected chi connectivity index (χ2v) is 13.1. The number of rotatable bonds is 7. The Balaban J connectivity index is 1.42. The van der Waals surface area contributed by atoms with Crippen LogP contribution in [0, 0.1) is 5.82 Å². The third-order valence-electron chi connectivity index (χ3n) is 6.66. The van der Waals surface area contributed by atoms with Gasteiger partial charge in [-0.15, -0.1) is 0 Å². The summed E-state index contributed by atoms with van der Waals surface area (Å²) in [5, 5.41) is 9.32. The first kappa shape index (κ1) is 25.7. The van der Waals surface area contributed by atoms with Gasteiger partial charge in [0.15, 0.2) is 5.65 Å². The standard InChI is InChI=1S/C30H29FN8S/c1-39(2)23-11-20(15-32-17-23)21-12-25-29(37-38-30(25)34-16-21)27-13-24-26(36-27)6-7-33-28(24)19-8-18(9-22(31)10-19)14-35-40(3,4)5/h6-13,15-17,35-36H,3-4,14H2,1-2,5H3,(H,34,37,38). The molecule has 3 N–H and O–H groups in total. The van der Waals surface area contributed by atoms with Crippen molar-refractivity contribution < 1.29 is 4.39 Å². The molecule has 0 aliphatic heterocycles. The third kappa shape index (κ3) is 5.06. The van der Waals surface area contributed by atoms with Crippen molar-refractivity contribution in [3.8, 4) is 33.8 Å². The van der Waals surface area contributed by atoms with Crippen molar-refractivity contribution in [2.75, 3.05) is 25.3 Å². The van der Waals surface area contributed by atoms with Gasteiger partial charge in [-0.05, 0) is 54.3 Å². The Hall–Kier alpha value is -4.54. The van der Waals surface area contributed by atoms with Crippen LogP contribution in [0.3, 0.4) is 0 Å². The van der Waals surface area contributed by atoms with E-state index in [1.807, 2.05) is 55.8 Å². The van der Waals surface area contributed by atoms with Gasteiger partial charge in [0.25, 0.3) is 0 Å². The van der Waals surface area contributed by atoms with E-state index in [0.29, 0.717) is 23.4 Å². The van der Waals surface area contributed by atoms with Gasteiger partial charge in [-0.3, -0.25) is 19.8 Å². The molecule has 0 radical (unpaired) electrons. The number of H-pyrrole nitrogens is 2. The Morgan fingerprint density at radius 3 is 2.58 bits per heavy atom. The minimum Gasteiger partial charge on any atom is -0.376 e. The SMILES string of the molecule is C=S(=C)(C)NCc1cc(F)cc(-c2nccc3[nH]c(-c4[nH]nc5ncc(-c6cncc(N(C)C)c6)cc45)cc23)c1. The monoisotopic (exact) mass is 552 g/mol. The lowest BCUT2D eigenvalue weighted by atomic mass is 10.0. The highest BCUT2D eigenvalue weighted by atomic mass is 32.2. The van der Waals surface area contributed by atoms with E-state index in [4.69, 9.17) is 0 Å². The van der Waals surface area contributed by atoms with Gasteiger partial charge in [-0.2, -0.15) is 14.5 Å². The molecule has 0 bridgehead atoms. The summed E-state index contributed by atoms with van der Waals surface area (Å²) in [6.45, 7) is 0.473. The summed E-state index contributed by atoms with van der Waals surface area (Å²) >= 11 is 0. The van der Waals surface area contributed by atoms with Crippen LogP contribution in [0.1, 0.15) is 5.56 Å². The average molecular weight is 553 g/mol. The molecule has 5 aromatic heterocycles. The van der Waals surface area contributed by atoms with Crippen molar-refractivity contribution in [1.29, 1.82) is 0 Å². The maximum Gasteiger partial charge on any atom is 0.181 e. The molecule has 10 heteroatoms. The Morgan fingerprint density at radius 1 is 0.950 bits per heavy atom. The number of halogens is 1. The van der Waals surface area contributed by atoms with E-state index >= 15 is 0 Å². The number of hydrogen-bond donors (Lipinski definition) is 3. The molecule has 6 aromatic rings. The van der Waals surface area contributed by atoms with E-state index in [2.05, 4.69) is 58.7 Å². The minimum absolute atomic E-state index is 0.320. The summed E-state index contributed by atoms with van der Waals surface area (Å²) in [7, 11) is 2.54. The molecule has 0 atom stereocenters. The lowest BCUT2D eigenvalue weighted by Gasteiger charge is -2.12. The van der Waals surface area contributed by atoms with Crippen LogP contribution in [-0.4, -0.2) is 62.2 Å². The summed E-state index contributed by atoms with van der Waals surface area (Å²) in [4.78, 5) is 19.1. The molecule has 0 aliphatic carbocycles. The van der Waals surface area contributed by atoms with Gasteiger partial charge in [0.1, 0.15) is 5.82 Å². The summed E-state index contributed by atoms with van der Waals surface area (Å²) in [5.41, 5.74) is 8.23. The maximum atomic E-state index is 14.7. The van der Waals surface area contributed by atoms with Gasteiger partial charge in [0.2, 0.25) is 0 Å². The Morgan fingerprint density at radius 2 is 1.77 bits per heavy atom. The molecule has 5 heterocycles. The van der Waals surface area contributed by atoms with Gasteiger partial charge < -0.3 is 9.88 Å². The van der Waals surface area contributed by atoms with Crippen LogP contribution in [0.4, 0.5) is 10.1 Å². The minimum atomic E-state index is -1.43. The molecular formula is C30H29FN8S. The average Bonchev–Trinajstić information content (AvgIpc) is 3.55. The quantitative estimate of drug-likeness (QED) is 0.219. The molecule has 0 fully saturated rings. The molecule has 0 aliphatic rings. The Kier molecular flexibility index (Phi) is 6.36. The highest BCUT2D eigenvalue weighted by molar-refractivity contribution is 8.25. The first-order chi connectivity index (χ1) is 19.1. The number of nitrogens with one attached hydrogen (secondary N) is 3. The van der Waals surface area contributed by atoms with Crippen LogP contribution < -0.4 is 9.62 Å². The highest BCUT2D eigenvalue weighted by Crippen LogP contribution is 2.34. The van der Waals surface area contributed by atoms with Gasteiger partial charge in [-0.25, -0.2) is 9.37 Å². The van der Waals surface area contributed by atoms with Crippen LogP contribution in [-0.2, 0) is 6.54 Å². The van der Waals surface area contributed by atoms with Crippen LogP contribution in [0.15, 0.2) is 67.3 Å². The maximum absolute atomic E-state index is 14.7. The summed E-state index contributed by atoms with van der Waals surface area (Å²) < 4.78 is 18.0. The van der Waals surface area contributed by atoms with Crippen LogP contribution in [0.25, 0.3) is 55.7 Å². The first-order valence-electron chi connectivity index (χ1n) is 12.6. The van der Waals surface area contributed by atoms with Crippen molar-refractivity contribution in [2.24, 2.45) is 0 Å². The zero-order chi connectivity index (χ0) is 28.0. The fraction of sp³-hybridized carbons (Fsp3) is 0.133. The normalized spacial score (nSPS) is 11.9. The number of fused-ring (bicyclic) bond motifs is 2. The lowest BCUT2D eigenvalue weighted by molar-refractivity contribution is 0.625. The molecule has 0 saturated heterocycles. The number of aromatic amines is 2. The fourth-order valence-corrected chi connectivity index (χ4v) is 5.17. The van der Waals surface area contributed by atoms with Crippen molar-refractivity contribution >= 4 is 48.8 Å². The van der Waals surface area contributed by atoms with Crippen LogP contribution in [0.2, 0.25) is 0 Å². The predicted molar refractivity (Wildman–Crippen MR) is 167 cm³/mol. The van der Waals surface area contributed by atoms with Crippen LogP contribution >= 0.6 is 9.39 Å². The second kappa shape index (κ2) is 9.89. The van der Waals surface area contributed by atoms with Gasteiger partial charge in [-0.1, -0.05) is 11.7 Å². The molecular weight excluding hydrogens is 523 g/mol. The number of nitrogens with zero attached hydrogens (tertiary/aromatic N) is 5. The second-order valence-electron chi connectivity index (χ2n) is 10.3. The van der Waals surface area contributed by atoms with E-state index in [-0.39, 0.29) is 5.82 Å².